The Labute approximate surface area is 126 Å². The van der Waals surface area contributed by atoms with Crippen molar-refractivity contribution in [1.82, 2.24) is 5.32 Å². The third kappa shape index (κ3) is 4.61. The molecule has 106 valence electrons. The van der Waals surface area contributed by atoms with Crippen LogP contribution in [0.2, 0.25) is 0 Å². The summed E-state index contributed by atoms with van der Waals surface area (Å²) in [5, 5.41) is 3.78. The van der Waals surface area contributed by atoms with E-state index in [9.17, 15) is 0 Å². The van der Waals surface area contributed by atoms with E-state index in [0.29, 0.717) is 6.04 Å². The average molecular weight is 324 g/mol. The molecule has 0 spiro atoms. The highest BCUT2D eigenvalue weighted by Gasteiger charge is 2.19. The maximum atomic E-state index is 3.78. The molecule has 0 saturated heterocycles. The molecule has 1 aliphatic rings. The number of nitrogens with one attached hydrogen (secondary N) is 1. The van der Waals surface area contributed by atoms with Gasteiger partial charge in [-0.05, 0) is 55.3 Å². The second kappa shape index (κ2) is 7.44. The lowest BCUT2D eigenvalue weighted by atomic mass is 9.82. The summed E-state index contributed by atoms with van der Waals surface area (Å²) in [6, 6.07) is 9.25. The highest BCUT2D eigenvalue weighted by Crippen LogP contribution is 2.29. The summed E-state index contributed by atoms with van der Waals surface area (Å²) in [7, 11) is 0. The van der Waals surface area contributed by atoms with Gasteiger partial charge in [0, 0.05) is 10.5 Å². The van der Waals surface area contributed by atoms with E-state index >= 15 is 0 Å². The molecule has 1 nitrogen and oxygen atoms in total. The van der Waals surface area contributed by atoms with E-state index in [1.54, 1.807) is 0 Å². The van der Waals surface area contributed by atoms with Crippen molar-refractivity contribution in [2.24, 2.45) is 11.8 Å². The lowest BCUT2D eigenvalue weighted by Crippen LogP contribution is -2.29. The SMILES string of the molecule is CCC(NCC1CCCC(C)C1)c1ccc(Br)cc1. The van der Waals surface area contributed by atoms with E-state index in [4.69, 9.17) is 0 Å². The number of hydrogen-bond acceptors (Lipinski definition) is 1. The van der Waals surface area contributed by atoms with Crippen molar-refractivity contribution in [3.8, 4) is 0 Å². The second-order valence-electron chi connectivity index (χ2n) is 6.06. The lowest BCUT2D eigenvalue weighted by molar-refractivity contribution is 0.266. The zero-order valence-corrected chi connectivity index (χ0v) is 13.7. The Hall–Kier alpha value is -0.340. The van der Waals surface area contributed by atoms with Crippen LogP contribution in [0.1, 0.15) is 57.6 Å². The Kier molecular flexibility index (Phi) is 5.90. The zero-order valence-electron chi connectivity index (χ0n) is 12.2. The molecule has 1 aromatic rings. The van der Waals surface area contributed by atoms with Crippen LogP contribution in [-0.2, 0) is 0 Å². The summed E-state index contributed by atoms with van der Waals surface area (Å²) in [5.74, 6) is 1.81. The molecule has 1 aliphatic carbocycles. The van der Waals surface area contributed by atoms with Gasteiger partial charge in [-0.3, -0.25) is 0 Å². The molecule has 2 rings (SSSR count). The maximum absolute atomic E-state index is 3.78. The van der Waals surface area contributed by atoms with E-state index in [-0.39, 0.29) is 0 Å². The van der Waals surface area contributed by atoms with Gasteiger partial charge in [-0.25, -0.2) is 0 Å². The molecule has 1 aromatic carbocycles. The van der Waals surface area contributed by atoms with Gasteiger partial charge in [0.15, 0.2) is 0 Å². The highest BCUT2D eigenvalue weighted by atomic mass is 79.9. The minimum atomic E-state index is 0.505. The van der Waals surface area contributed by atoms with Gasteiger partial charge in [-0.2, -0.15) is 0 Å². The average Bonchev–Trinajstić information content (AvgIpc) is 2.41. The summed E-state index contributed by atoms with van der Waals surface area (Å²) in [5.41, 5.74) is 1.41. The quantitative estimate of drug-likeness (QED) is 0.773. The third-order valence-electron chi connectivity index (χ3n) is 4.38. The van der Waals surface area contributed by atoms with E-state index in [1.165, 1.54) is 37.8 Å². The number of hydrogen-bond donors (Lipinski definition) is 1. The van der Waals surface area contributed by atoms with E-state index < -0.39 is 0 Å². The number of benzene rings is 1. The van der Waals surface area contributed by atoms with Gasteiger partial charge < -0.3 is 5.32 Å². The van der Waals surface area contributed by atoms with Crippen LogP contribution in [-0.4, -0.2) is 6.54 Å². The van der Waals surface area contributed by atoms with Gasteiger partial charge in [-0.15, -0.1) is 0 Å². The standard InChI is InChI=1S/C17H26BrN/c1-3-17(15-7-9-16(18)10-8-15)19-12-14-6-4-5-13(2)11-14/h7-10,13-14,17,19H,3-6,11-12H2,1-2H3. The van der Waals surface area contributed by atoms with Gasteiger partial charge in [0.1, 0.15) is 0 Å². The normalized spacial score (nSPS) is 25.2. The van der Waals surface area contributed by atoms with Crippen LogP contribution in [0.4, 0.5) is 0 Å². The van der Waals surface area contributed by atoms with Crippen LogP contribution in [0, 0.1) is 11.8 Å². The highest BCUT2D eigenvalue weighted by molar-refractivity contribution is 9.10. The predicted molar refractivity (Wildman–Crippen MR) is 86.3 cm³/mol. The monoisotopic (exact) mass is 323 g/mol. The predicted octanol–water partition coefficient (Wildman–Crippen LogP) is 5.32. The summed E-state index contributed by atoms with van der Waals surface area (Å²) in [4.78, 5) is 0. The molecule has 0 bridgehead atoms. The van der Waals surface area contributed by atoms with Crippen LogP contribution < -0.4 is 5.32 Å². The molecular weight excluding hydrogens is 298 g/mol. The van der Waals surface area contributed by atoms with Crippen LogP contribution in [0.15, 0.2) is 28.7 Å². The Morgan fingerprint density at radius 3 is 2.63 bits per heavy atom. The molecular formula is C17H26BrN. The van der Waals surface area contributed by atoms with E-state index in [2.05, 4.69) is 59.4 Å². The van der Waals surface area contributed by atoms with Crippen molar-refractivity contribution in [2.75, 3.05) is 6.54 Å². The van der Waals surface area contributed by atoms with Crippen molar-refractivity contribution >= 4 is 15.9 Å². The van der Waals surface area contributed by atoms with E-state index in [0.717, 1.165) is 22.7 Å². The Bertz CT molecular complexity index is 373. The fourth-order valence-corrected chi connectivity index (χ4v) is 3.51. The van der Waals surface area contributed by atoms with Crippen molar-refractivity contribution in [3.63, 3.8) is 0 Å². The molecule has 0 amide bonds. The zero-order chi connectivity index (χ0) is 13.7. The van der Waals surface area contributed by atoms with Gasteiger partial charge in [0.25, 0.3) is 0 Å². The largest absolute Gasteiger partial charge is 0.310 e. The fraction of sp³-hybridized carbons (Fsp3) is 0.647. The first-order chi connectivity index (χ1) is 9.19. The Morgan fingerprint density at radius 2 is 2.00 bits per heavy atom. The first kappa shape index (κ1) is 15.1. The smallest absolute Gasteiger partial charge is 0.0317 e. The summed E-state index contributed by atoms with van der Waals surface area (Å²) in [6.45, 7) is 5.85. The van der Waals surface area contributed by atoms with E-state index in [1.807, 2.05) is 0 Å². The summed E-state index contributed by atoms with van der Waals surface area (Å²) in [6.07, 6.45) is 6.82. The van der Waals surface area contributed by atoms with Crippen LogP contribution >= 0.6 is 15.9 Å². The van der Waals surface area contributed by atoms with Gasteiger partial charge in [0.05, 0.1) is 0 Å². The third-order valence-corrected chi connectivity index (χ3v) is 4.91. The topological polar surface area (TPSA) is 12.0 Å². The summed E-state index contributed by atoms with van der Waals surface area (Å²) >= 11 is 3.50. The number of halogens is 1. The van der Waals surface area contributed by atoms with Crippen molar-refractivity contribution in [1.29, 1.82) is 0 Å². The van der Waals surface area contributed by atoms with Gasteiger partial charge in [-0.1, -0.05) is 54.8 Å². The van der Waals surface area contributed by atoms with Crippen LogP contribution in [0.5, 0.6) is 0 Å². The van der Waals surface area contributed by atoms with Crippen LogP contribution in [0.25, 0.3) is 0 Å². The molecule has 0 radical (unpaired) electrons. The molecule has 3 unspecified atom stereocenters. The van der Waals surface area contributed by atoms with Crippen LogP contribution in [0.3, 0.4) is 0 Å². The summed E-state index contributed by atoms with van der Waals surface area (Å²) < 4.78 is 1.16. The molecule has 3 atom stereocenters. The minimum Gasteiger partial charge on any atom is -0.310 e. The molecule has 0 aromatic heterocycles. The molecule has 1 fully saturated rings. The van der Waals surface area contributed by atoms with Gasteiger partial charge >= 0.3 is 0 Å². The first-order valence-electron chi connectivity index (χ1n) is 7.68. The number of rotatable bonds is 5. The maximum Gasteiger partial charge on any atom is 0.0317 e. The minimum absolute atomic E-state index is 0.505. The second-order valence-corrected chi connectivity index (χ2v) is 6.97. The Balaban J connectivity index is 1.87. The van der Waals surface area contributed by atoms with Crippen molar-refractivity contribution in [2.45, 2.75) is 52.0 Å². The van der Waals surface area contributed by atoms with Gasteiger partial charge in [0.2, 0.25) is 0 Å². The molecule has 0 aliphatic heterocycles. The molecule has 2 heteroatoms. The lowest BCUT2D eigenvalue weighted by Gasteiger charge is -2.29. The van der Waals surface area contributed by atoms with Crippen molar-refractivity contribution in [3.05, 3.63) is 34.3 Å². The first-order valence-corrected chi connectivity index (χ1v) is 8.47. The molecule has 0 heterocycles. The molecule has 19 heavy (non-hydrogen) atoms. The fourth-order valence-electron chi connectivity index (χ4n) is 3.25. The molecule has 1 N–H and O–H groups in total. The molecule has 1 saturated carbocycles. The van der Waals surface area contributed by atoms with Crippen molar-refractivity contribution < 1.29 is 0 Å². The Morgan fingerprint density at radius 1 is 1.26 bits per heavy atom.